The highest BCUT2D eigenvalue weighted by Crippen LogP contribution is 2.41. The fourth-order valence-corrected chi connectivity index (χ4v) is 3.98. The lowest BCUT2D eigenvalue weighted by Gasteiger charge is -2.22. The fraction of sp³-hybridized carbons (Fsp3) is 0.810. The van der Waals surface area contributed by atoms with Gasteiger partial charge in [-0.15, -0.1) is 0 Å². The van der Waals surface area contributed by atoms with Crippen LogP contribution in [0, 0.1) is 11.8 Å². The molecule has 25 heavy (non-hydrogen) atoms. The van der Waals surface area contributed by atoms with Gasteiger partial charge in [0, 0.05) is 19.3 Å². The molecule has 0 aromatic carbocycles. The zero-order valence-electron chi connectivity index (χ0n) is 15.8. The molecule has 1 aliphatic rings. The molecule has 0 aromatic rings. The van der Waals surface area contributed by atoms with Crippen LogP contribution in [-0.2, 0) is 9.59 Å². The molecular weight excluding hydrogens is 316 g/mol. The van der Waals surface area contributed by atoms with Gasteiger partial charge < -0.3 is 10.2 Å². The summed E-state index contributed by atoms with van der Waals surface area (Å²) < 4.78 is 0. The number of aliphatic hydroxyl groups excluding tert-OH is 1. The molecule has 0 spiro atoms. The Balaban J connectivity index is 2.31. The van der Waals surface area contributed by atoms with Gasteiger partial charge in [-0.3, -0.25) is 9.59 Å². The smallest absolute Gasteiger partial charge is 0.303 e. The van der Waals surface area contributed by atoms with Crippen molar-refractivity contribution in [3.05, 3.63) is 12.2 Å². The van der Waals surface area contributed by atoms with Gasteiger partial charge in [0.25, 0.3) is 0 Å². The minimum atomic E-state index is -0.730. The number of carbonyl (C=O) groups excluding carboxylic acids is 1. The van der Waals surface area contributed by atoms with Crippen LogP contribution in [0.1, 0.15) is 90.4 Å². The summed E-state index contributed by atoms with van der Waals surface area (Å²) in [6, 6.07) is 0. The van der Waals surface area contributed by atoms with Crippen molar-refractivity contribution < 1.29 is 19.8 Å². The van der Waals surface area contributed by atoms with Crippen LogP contribution in [0.15, 0.2) is 12.2 Å². The lowest BCUT2D eigenvalue weighted by Crippen LogP contribution is -2.20. The molecule has 2 N–H and O–H groups in total. The average Bonchev–Trinajstić information content (AvgIpc) is 2.82. The first-order valence-corrected chi connectivity index (χ1v) is 10.0. The number of carbonyl (C=O) groups is 2. The van der Waals surface area contributed by atoms with Crippen molar-refractivity contribution in [2.45, 2.75) is 96.5 Å². The molecule has 0 saturated heterocycles. The topological polar surface area (TPSA) is 74.6 Å². The summed E-state index contributed by atoms with van der Waals surface area (Å²) in [6.45, 7) is 6.27. The van der Waals surface area contributed by atoms with Gasteiger partial charge in [0.05, 0.1) is 6.10 Å². The molecule has 1 fully saturated rings. The Morgan fingerprint density at radius 3 is 2.36 bits per heavy atom. The minimum absolute atomic E-state index is 0.218. The molecule has 0 amide bonds. The maximum Gasteiger partial charge on any atom is 0.303 e. The van der Waals surface area contributed by atoms with Crippen LogP contribution in [0.2, 0.25) is 0 Å². The maximum absolute atomic E-state index is 12.0. The highest BCUT2D eigenvalue weighted by atomic mass is 16.4. The molecule has 0 unspecified atom stereocenters. The molecule has 144 valence electrons. The number of ketones is 1. The number of hydrogen-bond donors (Lipinski definition) is 2. The number of rotatable bonds is 14. The van der Waals surface area contributed by atoms with Gasteiger partial charge in [0.1, 0.15) is 5.78 Å². The third-order valence-electron chi connectivity index (χ3n) is 5.48. The summed E-state index contributed by atoms with van der Waals surface area (Å²) in [5.41, 5.74) is 1.10. The van der Waals surface area contributed by atoms with Gasteiger partial charge in [0.2, 0.25) is 0 Å². The second-order valence-corrected chi connectivity index (χ2v) is 7.58. The number of carboxylic acids is 1. The van der Waals surface area contributed by atoms with Crippen LogP contribution in [0.25, 0.3) is 0 Å². The Labute approximate surface area is 152 Å². The van der Waals surface area contributed by atoms with Crippen molar-refractivity contribution in [2.24, 2.45) is 11.8 Å². The molecule has 1 aliphatic carbocycles. The van der Waals surface area contributed by atoms with E-state index in [1.807, 2.05) is 0 Å². The van der Waals surface area contributed by atoms with Crippen molar-refractivity contribution in [3.8, 4) is 0 Å². The van der Waals surface area contributed by atoms with E-state index in [2.05, 4.69) is 13.5 Å². The molecule has 1 saturated carbocycles. The molecule has 0 bridgehead atoms. The van der Waals surface area contributed by atoms with Crippen molar-refractivity contribution in [2.75, 3.05) is 0 Å². The van der Waals surface area contributed by atoms with E-state index in [4.69, 9.17) is 5.11 Å². The number of carboxylic acid groups (broad SMARTS) is 1. The molecule has 0 radical (unpaired) electrons. The Morgan fingerprint density at radius 2 is 1.68 bits per heavy atom. The highest BCUT2D eigenvalue weighted by Gasteiger charge is 2.36. The highest BCUT2D eigenvalue weighted by molar-refractivity contribution is 5.78. The zero-order valence-corrected chi connectivity index (χ0v) is 15.8. The molecular formula is C21H36O4. The van der Waals surface area contributed by atoms with Crippen LogP contribution in [0.3, 0.4) is 0 Å². The van der Waals surface area contributed by atoms with E-state index in [1.165, 1.54) is 0 Å². The van der Waals surface area contributed by atoms with Crippen molar-refractivity contribution in [1.29, 1.82) is 0 Å². The van der Waals surface area contributed by atoms with E-state index in [9.17, 15) is 14.7 Å². The lowest BCUT2D eigenvalue weighted by atomic mass is 9.84. The molecule has 0 heterocycles. The Bertz CT molecular complexity index is 430. The van der Waals surface area contributed by atoms with Crippen LogP contribution in [0.4, 0.5) is 0 Å². The second kappa shape index (κ2) is 12.2. The van der Waals surface area contributed by atoms with Crippen molar-refractivity contribution in [3.63, 3.8) is 0 Å². The van der Waals surface area contributed by atoms with Gasteiger partial charge in [-0.25, -0.2) is 0 Å². The number of aliphatic hydroxyl groups is 1. The Morgan fingerprint density at radius 1 is 1.00 bits per heavy atom. The summed E-state index contributed by atoms with van der Waals surface area (Å²) in [5, 5.41) is 19.0. The first-order valence-electron chi connectivity index (χ1n) is 10.0. The first kappa shape index (κ1) is 21.9. The van der Waals surface area contributed by atoms with E-state index >= 15 is 0 Å². The van der Waals surface area contributed by atoms with Gasteiger partial charge in [-0.2, -0.15) is 0 Å². The summed E-state index contributed by atoms with van der Waals surface area (Å²) in [7, 11) is 0. The van der Waals surface area contributed by atoms with Gasteiger partial charge in [-0.1, -0.05) is 51.2 Å². The molecule has 3 atom stereocenters. The minimum Gasteiger partial charge on any atom is -0.481 e. The van der Waals surface area contributed by atoms with Crippen molar-refractivity contribution >= 4 is 11.8 Å². The van der Waals surface area contributed by atoms with E-state index in [0.29, 0.717) is 25.0 Å². The Kier molecular flexibility index (Phi) is 10.7. The van der Waals surface area contributed by atoms with Gasteiger partial charge >= 0.3 is 5.97 Å². The predicted molar refractivity (Wildman–Crippen MR) is 100 cm³/mol. The van der Waals surface area contributed by atoms with E-state index in [-0.39, 0.29) is 24.4 Å². The number of unbranched alkanes of at least 4 members (excludes halogenated alkanes) is 5. The number of Topliss-reactive ketones (excluding diaryl/α,β-unsaturated/α-hetero) is 1. The summed E-state index contributed by atoms with van der Waals surface area (Å²) in [4.78, 5) is 22.5. The third-order valence-corrected chi connectivity index (χ3v) is 5.48. The van der Waals surface area contributed by atoms with Crippen LogP contribution in [0.5, 0.6) is 0 Å². The first-order chi connectivity index (χ1) is 12.0. The number of hydrogen-bond acceptors (Lipinski definition) is 3. The summed E-state index contributed by atoms with van der Waals surface area (Å²) in [5.74, 6) is 0.0980. The summed E-state index contributed by atoms with van der Waals surface area (Å²) >= 11 is 0. The lowest BCUT2D eigenvalue weighted by molar-refractivity contribution is -0.137. The van der Waals surface area contributed by atoms with Crippen LogP contribution < -0.4 is 0 Å². The fourth-order valence-electron chi connectivity index (χ4n) is 3.98. The Hall–Kier alpha value is -1.16. The molecule has 1 rings (SSSR count). The zero-order chi connectivity index (χ0) is 18.7. The standard InChI is InChI=1S/C21H36O4/c1-3-4-7-10-17(22)13-14-18-16(2)15-20(23)19(18)11-8-5-6-9-12-21(24)25/h18-20,23H,2-15H2,1H3,(H,24,25)/t18-,19-,20-/m0/s1. The summed E-state index contributed by atoms with van der Waals surface area (Å²) in [6.07, 6.45) is 10.5. The van der Waals surface area contributed by atoms with Crippen LogP contribution >= 0.6 is 0 Å². The SMILES string of the molecule is C=C1C[C@H](O)[C@@H](CCCCCCC(=O)O)[C@H]1CCC(=O)CCCCC. The third kappa shape index (κ3) is 8.66. The van der Waals surface area contributed by atoms with Gasteiger partial charge in [0.15, 0.2) is 0 Å². The van der Waals surface area contributed by atoms with Crippen molar-refractivity contribution in [1.82, 2.24) is 0 Å². The van der Waals surface area contributed by atoms with E-state index in [1.54, 1.807) is 0 Å². The quantitative estimate of drug-likeness (QED) is 0.344. The molecule has 4 heteroatoms. The average molecular weight is 353 g/mol. The normalized spacial score (nSPS) is 23.1. The monoisotopic (exact) mass is 352 g/mol. The molecule has 0 aliphatic heterocycles. The predicted octanol–water partition coefficient (Wildman–Crippen LogP) is 4.89. The maximum atomic E-state index is 12.0. The molecule has 0 aromatic heterocycles. The van der Waals surface area contributed by atoms with E-state index < -0.39 is 5.97 Å². The largest absolute Gasteiger partial charge is 0.481 e. The second-order valence-electron chi connectivity index (χ2n) is 7.58. The van der Waals surface area contributed by atoms with Gasteiger partial charge in [-0.05, 0) is 43.9 Å². The number of aliphatic carboxylic acids is 1. The van der Waals surface area contributed by atoms with Crippen LogP contribution in [-0.4, -0.2) is 28.1 Å². The van der Waals surface area contributed by atoms with E-state index in [0.717, 1.165) is 63.4 Å². The molecule has 4 nitrogen and oxygen atoms in total.